The molecule has 0 radical (unpaired) electrons. The number of hydrogen-bond donors (Lipinski definition) is 1. The molecule has 8 heteroatoms. The van der Waals surface area contributed by atoms with Crippen LogP contribution in [0.1, 0.15) is 12.5 Å². The van der Waals surface area contributed by atoms with E-state index in [-0.39, 0.29) is 16.4 Å². The average molecular weight is 449 g/mol. The first-order valence-electron chi connectivity index (χ1n) is 8.00. The van der Waals surface area contributed by atoms with Crippen molar-refractivity contribution in [3.8, 4) is 5.75 Å². The summed E-state index contributed by atoms with van der Waals surface area (Å²) in [6.45, 7) is 2.39. The van der Waals surface area contributed by atoms with Gasteiger partial charge < -0.3 is 4.74 Å². The van der Waals surface area contributed by atoms with E-state index in [9.17, 15) is 14.0 Å². The SMILES string of the molecule is CCOc1ccc(C=C2C(=O)NC(=S)N(c3cccc(F)c3)C2=O)cc1Br. The van der Waals surface area contributed by atoms with Crippen molar-refractivity contribution < 1.29 is 18.7 Å². The molecule has 138 valence electrons. The number of carbonyl (C=O) groups excluding carboxylic acids is 2. The maximum Gasteiger partial charge on any atom is 0.270 e. The van der Waals surface area contributed by atoms with Crippen molar-refractivity contribution in [1.82, 2.24) is 5.32 Å². The van der Waals surface area contributed by atoms with Crippen molar-refractivity contribution in [2.24, 2.45) is 0 Å². The predicted molar refractivity (Wildman–Crippen MR) is 108 cm³/mol. The smallest absolute Gasteiger partial charge is 0.270 e. The first-order chi connectivity index (χ1) is 12.9. The number of thiocarbonyl (C=S) groups is 1. The van der Waals surface area contributed by atoms with Gasteiger partial charge in [0.05, 0.1) is 16.8 Å². The molecule has 0 saturated carbocycles. The molecule has 1 N–H and O–H groups in total. The van der Waals surface area contributed by atoms with E-state index >= 15 is 0 Å². The Morgan fingerprint density at radius 1 is 1.26 bits per heavy atom. The molecule has 0 spiro atoms. The predicted octanol–water partition coefficient (Wildman–Crippen LogP) is 3.82. The van der Waals surface area contributed by atoms with E-state index in [1.165, 1.54) is 30.3 Å². The van der Waals surface area contributed by atoms with Gasteiger partial charge in [0, 0.05) is 0 Å². The van der Waals surface area contributed by atoms with Crippen molar-refractivity contribution in [2.75, 3.05) is 11.5 Å². The molecule has 2 amide bonds. The lowest BCUT2D eigenvalue weighted by Crippen LogP contribution is -2.54. The van der Waals surface area contributed by atoms with Crippen LogP contribution in [0.25, 0.3) is 6.08 Å². The fourth-order valence-electron chi connectivity index (χ4n) is 2.55. The highest BCUT2D eigenvalue weighted by molar-refractivity contribution is 9.10. The molecule has 0 unspecified atom stereocenters. The lowest BCUT2D eigenvalue weighted by Gasteiger charge is -2.28. The second kappa shape index (κ2) is 7.98. The maximum atomic E-state index is 13.5. The Morgan fingerprint density at radius 3 is 2.70 bits per heavy atom. The van der Waals surface area contributed by atoms with Crippen LogP contribution >= 0.6 is 28.1 Å². The summed E-state index contributed by atoms with van der Waals surface area (Å²) in [4.78, 5) is 26.3. The Kier molecular flexibility index (Phi) is 5.67. The van der Waals surface area contributed by atoms with Crippen molar-refractivity contribution >= 4 is 56.8 Å². The fraction of sp³-hybridized carbons (Fsp3) is 0.105. The van der Waals surface area contributed by atoms with Gasteiger partial charge in [-0.05, 0) is 77.0 Å². The topological polar surface area (TPSA) is 58.6 Å². The van der Waals surface area contributed by atoms with Gasteiger partial charge in [0.25, 0.3) is 11.8 Å². The summed E-state index contributed by atoms with van der Waals surface area (Å²) in [6.07, 6.45) is 1.45. The summed E-state index contributed by atoms with van der Waals surface area (Å²) in [5.41, 5.74) is 0.753. The zero-order valence-electron chi connectivity index (χ0n) is 14.2. The van der Waals surface area contributed by atoms with Crippen LogP contribution in [-0.4, -0.2) is 23.5 Å². The zero-order valence-corrected chi connectivity index (χ0v) is 16.6. The van der Waals surface area contributed by atoms with E-state index in [1.54, 1.807) is 18.2 Å². The summed E-state index contributed by atoms with van der Waals surface area (Å²) >= 11 is 8.49. The Bertz CT molecular complexity index is 977. The van der Waals surface area contributed by atoms with Crippen molar-refractivity contribution in [1.29, 1.82) is 0 Å². The molecule has 0 aliphatic carbocycles. The average Bonchev–Trinajstić information content (AvgIpc) is 2.61. The molecule has 27 heavy (non-hydrogen) atoms. The van der Waals surface area contributed by atoms with Crippen LogP contribution in [0, 0.1) is 5.82 Å². The molecule has 2 aromatic carbocycles. The maximum absolute atomic E-state index is 13.5. The van der Waals surface area contributed by atoms with Gasteiger partial charge in [0.15, 0.2) is 5.11 Å². The third-order valence-electron chi connectivity index (χ3n) is 3.73. The van der Waals surface area contributed by atoms with Gasteiger partial charge in [-0.2, -0.15) is 0 Å². The molecule has 5 nitrogen and oxygen atoms in total. The van der Waals surface area contributed by atoms with Crippen LogP contribution < -0.4 is 15.0 Å². The van der Waals surface area contributed by atoms with Gasteiger partial charge in [-0.1, -0.05) is 12.1 Å². The van der Waals surface area contributed by atoms with E-state index in [0.717, 1.165) is 4.90 Å². The molecule has 1 aliphatic rings. The lowest BCUT2D eigenvalue weighted by molar-refractivity contribution is -0.122. The molecule has 1 saturated heterocycles. The quantitative estimate of drug-likeness (QED) is 0.438. The monoisotopic (exact) mass is 448 g/mol. The number of benzene rings is 2. The van der Waals surface area contributed by atoms with Crippen molar-refractivity contribution in [2.45, 2.75) is 6.92 Å². The third-order valence-corrected chi connectivity index (χ3v) is 4.64. The van der Waals surface area contributed by atoms with Crippen molar-refractivity contribution in [3.63, 3.8) is 0 Å². The normalized spacial score (nSPS) is 15.9. The molecule has 1 aliphatic heterocycles. The number of hydrogen-bond acceptors (Lipinski definition) is 4. The van der Waals surface area contributed by atoms with Crippen LogP contribution in [0.15, 0.2) is 52.5 Å². The first kappa shape index (κ1) is 19.2. The minimum atomic E-state index is -0.626. The zero-order chi connectivity index (χ0) is 19.6. The largest absolute Gasteiger partial charge is 0.493 e. The summed E-state index contributed by atoms with van der Waals surface area (Å²) in [5, 5.41) is 2.37. The molecular formula is C19H14BrFN2O3S. The Morgan fingerprint density at radius 2 is 2.04 bits per heavy atom. The summed E-state index contributed by atoms with van der Waals surface area (Å²) in [5.74, 6) is -1.09. The Balaban J connectivity index is 1.98. The highest BCUT2D eigenvalue weighted by Crippen LogP contribution is 2.28. The number of amides is 2. The van der Waals surface area contributed by atoms with Crippen molar-refractivity contribution in [3.05, 3.63) is 63.9 Å². The van der Waals surface area contributed by atoms with Crippen LogP contribution in [-0.2, 0) is 9.59 Å². The molecule has 1 heterocycles. The lowest BCUT2D eigenvalue weighted by atomic mass is 10.1. The minimum absolute atomic E-state index is 0.0966. The molecule has 1 fully saturated rings. The second-order valence-corrected chi connectivity index (χ2v) is 6.80. The number of ether oxygens (including phenoxy) is 1. The number of halogens is 2. The first-order valence-corrected chi connectivity index (χ1v) is 9.20. The van der Waals surface area contributed by atoms with Crippen LogP contribution in [0.3, 0.4) is 0 Å². The Hall–Kier alpha value is -2.58. The standard InChI is InChI=1S/C19H14BrFN2O3S/c1-2-26-16-7-6-11(9-15(16)20)8-14-17(24)22-19(27)23(18(14)25)13-5-3-4-12(21)10-13/h3-10H,2H2,1H3,(H,22,24,27). The minimum Gasteiger partial charge on any atom is -0.493 e. The second-order valence-electron chi connectivity index (χ2n) is 5.56. The summed E-state index contributed by atoms with van der Waals surface area (Å²) < 4.78 is 19.7. The summed E-state index contributed by atoms with van der Waals surface area (Å²) in [6, 6.07) is 10.6. The summed E-state index contributed by atoms with van der Waals surface area (Å²) in [7, 11) is 0. The van der Waals surface area contributed by atoms with Crippen LogP contribution in [0.2, 0.25) is 0 Å². The van der Waals surface area contributed by atoms with Gasteiger partial charge in [0.2, 0.25) is 0 Å². The highest BCUT2D eigenvalue weighted by Gasteiger charge is 2.34. The number of anilines is 1. The van der Waals surface area contributed by atoms with E-state index < -0.39 is 17.6 Å². The van der Waals surface area contributed by atoms with Crippen LogP contribution in [0.5, 0.6) is 5.75 Å². The van der Waals surface area contributed by atoms with Gasteiger partial charge in [-0.3, -0.25) is 19.8 Å². The molecular weight excluding hydrogens is 435 g/mol. The van der Waals surface area contributed by atoms with Gasteiger partial charge in [-0.25, -0.2) is 4.39 Å². The van der Waals surface area contributed by atoms with Gasteiger partial charge >= 0.3 is 0 Å². The van der Waals surface area contributed by atoms with Gasteiger partial charge in [0.1, 0.15) is 17.1 Å². The van der Waals surface area contributed by atoms with E-state index in [4.69, 9.17) is 17.0 Å². The number of nitrogens with zero attached hydrogens (tertiary/aromatic N) is 1. The molecule has 2 aromatic rings. The number of rotatable bonds is 4. The molecule has 0 atom stereocenters. The van der Waals surface area contributed by atoms with Gasteiger partial charge in [-0.15, -0.1) is 0 Å². The van der Waals surface area contributed by atoms with E-state index in [1.807, 2.05) is 6.92 Å². The third kappa shape index (κ3) is 4.06. The molecule has 3 rings (SSSR count). The number of nitrogens with one attached hydrogen (secondary N) is 1. The molecule has 0 aromatic heterocycles. The van der Waals surface area contributed by atoms with E-state index in [0.29, 0.717) is 22.4 Å². The fourth-order valence-corrected chi connectivity index (χ4v) is 3.35. The van der Waals surface area contributed by atoms with Crippen LogP contribution in [0.4, 0.5) is 10.1 Å². The van der Waals surface area contributed by atoms with E-state index in [2.05, 4.69) is 21.2 Å². The highest BCUT2D eigenvalue weighted by atomic mass is 79.9. The molecule has 0 bridgehead atoms. The number of carbonyl (C=O) groups is 2. The Labute approximate surface area is 168 Å².